The third-order valence-electron chi connectivity index (χ3n) is 5.09. The van der Waals surface area contributed by atoms with Gasteiger partial charge in [0, 0.05) is 62.0 Å². The molecule has 0 aliphatic carbocycles. The van der Waals surface area contributed by atoms with E-state index in [0.29, 0.717) is 18.7 Å². The number of nitro groups is 1. The molecule has 3 aromatic rings. The van der Waals surface area contributed by atoms with Crippen molar-refractivity contribution in [1.82, 2.24) is 14.8 Å². The van der Waals surface area contributed by atoms with Gasteiger partial charge < -0.3 is 4.90 Å². The Morgan fingerprint density at radius 3 is 2.43 bits per heavy atom. The molecular weight excluding hydrogens is 356 g/mol. The zero-order valence-corrected chi connectivity index (χ0v) is 15.3. The van der Waals surface area contributed by atoms with Crippen LogP contribution in [0.1, 0.15) is 15.9 Å². The van der Waals surface area contributed by atoms with E-state index in [-0.39, 0.29) is 11.6 Å². The molecule has 4 rings (SSSR count). The van der Waals surface area contributed by atoms with E-state index in [2.05, 4.69) is 28.1 Å². The number of carbonyl (C=O) groups excluding carboxylic acids is 1. The molecule has 1 aliphatic rings. The molecule has 1 aliphatic heterocycles. The summed E-state index contributed by atoms with van der Waals surface area (Å²) >= 11 is 0. The molecule has 0 saturated carbocycles. The van der Waals surface area contributed by atoms with E-state index < -0.39 is 4.92 Å². The number of rotatable bonds is 4. The topological polar surface area (TPSA) is 79.6 Å². The molecule has 0 N–H and O–H groups in total. The first kappa shape index (κ1) is 18.1. The summed E-state index contributed by atoms with van der Waals surface area (Å²) in [6.45, 7) is 3.62. The highest BCUT2D eigenvalue weighted by Gasteiger charge is 2.23. The van der Waals surface area contributed by atoms with Crippen LogP contribution in [0.4, 0.5) is 5.69 Å². The van der Waals surface area contributed by atoms with Crippen LogP contribution >= 0.6 is 0 Å². The quantitative estimate of drug-likeness (QED) is 0.516. The predicted octanol–water partition coefficient (Wildman–Crippen LogP) is 3.10. The fraction of sp³-hybridized carbons (Fsp3) is 0.238. The molecule has 0 spiro atoms. The first-order valence-corrected chi connectivity index (χ1v) is 9.20. The van der Waals surface area contributed by atoms with E-state index in [9.17, 15) is 14.9 Å². The first-order valence-electron chi connectivity index (χ1n) is 9.20. The molecule has 0 unspecified atom stereocenters. The van der Waals surface area contributed by atoms with Gasteiger partial charge in [0.2, 0.25) is 0 Å². The lowest BCUT2D eigenvalue weighted by molar-refractivity contribution is -0.384. The number of hydrogen-bond donors (Lipinski definition) is 0. The van der Waals surface area contributed by atoms with E-state index in [1.807, 2.05) is 18.3 Å². The van der Waals surface area contributed by atoms with Gasteiger partial charge in [-0.3, -0.25) is 24.8 Å². The van der Waals surface area contributed by atoms with Gasteiger partial charge in [0.15, 0.2) is 0 Å². The summed E-state index contributed by atoms with van der Waals surface area (Å²) in [5.74, 6) is -0.0821. The minimum atomic E-state index is -0.463. The Kier molecular flexibility index (Phi) is 4.99. The molecule has 0 bridgehead atoms. The minimum Gasteiger partial charge on any atom is -0.336 e. The van der Waals surface area contributed by atoms with Crippen LogP contribution in [0.25, 0.3) is 10.9 Å². The van der Waals surface area contributed by atoms with Gasteiger partial charge >= 0.3 is 0 Å². The lowest BCUT2D eigenvalue weighted by Gasteiger charge is -2.34. The summed E-state index contributed by atoms with van der Waals surface area (Å²) in [7, 11) is 0. The van der Waals surface area contributed by atoms with E-state index in [1.165, 1.54) is 29.8 Å². The number of carbonyl (C=O) groups is 1. The molecule has 1 aromatic heterocycles. The Morgan fingerprint density at radius 2 is 1.71 bits per heavy atom. The zero-order chi connectivity index (χ0) is 19.5. The van der Waals surface area contributed by atoms with Gasteiger partial charge in [0.1, 0.15) is 0 Å². The monoisotopic (exact) mass is 376 g/mol. The van der Waals surface area contributed by atoms with Gasteiger partial charge in [0.05, 0.1) is 10.4 Å². The number of nitro benzene ring substituents is 1. The molecule has 2 aromatic carbocycles. The van der Waals surface area contributed by atoms with Gasteiger partial charge in [-0.1, -0.05) is 24.3 Å². The Morgan fingerprint density at radius 1 is 1.00 bits per heavy atom. The number of hydrogen-bond acceptors (Lipinski definition) is 5. The highest BCUT2D eigenvalue weighted by atomic mass is 16.6. The highest BCUT2D eigenvalue weighted by Crippen LogP contribution is 2.19. The van der Waals surface area contributed by atoms with Crippen molar-refractivity contribution in [3.63, 3.8) is 0 Å². The van der Waals surface area contributed by atoms with Gasteiger partial charge in [-0.05, 0) is 23.8 Å². The first-order chi connectivity index (χ1) is 13.6. The Hall–Kier alpha value is -3.32. The highest BCUT2D eigenvalue weighted by molar-refractivity contribution is 5.94. The molecule has 0 atom stereocenters. The smallest absolute Gasteiger partial charge is 0.269 e. The average Bonchev–Trinajstić information content (AvgIpc) is 2.74. The van der Waals surface area contributed by atoms with Gasteiger partial charge in [0.25, 0.3) is 11.6 Å². The normalized spacial score (nSPS) is 14.9. The number of non-ortho nitro benzene ring substituents is 1. The zero-order valence-electron chi connectivity index (χ0n) is 15.3. The van der Waals surface area contributed by atoms with E-state index in [4.69, 9.17) is 0 Å². The molecule has 1 fully saturated rings. The minimum absolute atomic E-state index is 0.00920. The molecular formula is C21H20N4O3. The summed E-state index contributed by atoms with van der Waals surface area (Å²) in [5, 5.41) is 11.9. The molecule has 142 valence electrons. The summed E-state index contributed by atoms with van der Waals surface area (Å²) in [6.07, 6.45) is 1.81. The third kappa shape index (κ3) is 3.70. The van der Waals surface area contributed by atoms with Crippen molar-refractivity contribution in [3.05, 3.63) is 82.0 Å². The van der Waals surface area contributed by atoms with Crippen LogP contribution < -0.4 is 0 Å². The van der Waals surface area contributed by atoms with Crippen LogP contribution in [0.3, 0.4) is 0 Å². The standard InChI is InChI=1S/C21H20N4O3/c26-21(17-6-8-19(9-7-17)25(27)28)24-13-11-23(12-14-24)15-18-4-1-3-16-5-2-10-22-20(16)18/h1-10H,11-15H2. The Labute approximate surface area is 162 Å². The lowest BCUT2D eigenvalue weighted by atomic mass is 10.1. The fourth-order valence-electron chi connectivity index (χ4n) is 3.55. The largest absolute Gasteiger partial charge is 0.336 e. The average molecular weight is 376 g/mol. The maximum absolute atomic E-state index is 12.6. The summed E-state index contributed by atoms with van der Waals surface area (Å²) < 4.78 is 0. The van der Waals surface area contributed by atoms with Crippen molar-refractivity contribution >= 4 is 22.5 Å². The molecule has 1 amide bonds. The van der Waals surface area contributed by atoms with Crippen LogP contribution in [0.2, 0.25) is 0 Å². The van der Waals surface area contributed by atoms with Crippen molar-refractivity contribution < 1.29 is 9.72 Å². The van der Waals surface area contributed by atoms with E-state index >= 15 is 0 Å². The maximum Gasteiger partial charge on any atom is 0.269 e. The lowest BCUT2D eigenvalue weighted by Crippen LogP contribution is -2.48. The number of pyridine rings is 1. The van der Waals surface area contributed by atoms with Crippen molar-refractivity contribution in [2.45, 2.75) is 6.54 Å². The van der Waals surface area contributed by atoms with Crippen LogP contribution in [-0.2, 0) is 6.54 Å². The number of nitrogens with zero attached hydrogens (tertiary/aromatic N) is 4. The molecule has 7 heteroatoms. The summed E-state index contributed by atoms with van der Waals surface area (Å²) in [6, 6.07) is 16.0. The van der Waals surface area contributed by atoms with E-state index in [0.717, 1.165) is 30.5 Å². The SMILES string of the molecule is O=C(c1ccc([N+](=O)[O-])cc1)N1CCN(Cc2cccc3cccnc23)CC1. The summed E-state index contributed by atoms with van der Waals surface area (Å²) in [5.41, 5.74) is 2.69. The third-order valence-corrected chi connectivity index (χ3v) is 5.09. The number of aromatic nitrogens is 1. The molecule has 1 saturated heterocycles. The molecule has 7 nitrogen and oxygen atoms in total. The van der Waals surface area contributed by atoms with Crippen LogP contribution in [0, 0.1) is 10.1 Å². The van der Waals surface area contributed by atoms with E-state index in [1.54, 1.807) is 4.90 Å². The van der Waals surface area contributed by atoms with Crippen molar-refractivity contribution in [2.75, 3.05) is 26.2 Å². The van der Waals surface area contributed by atoms with Crippen molar-refractivity contribution in [3.8, 4) is 0 Å². The van der Waals surface area contributed by atoms with Gasteiger partial charge in [-0.2, -0.15) is 0 Å². The predicted molar refractivity (Wildman–Crippen MR) is 106 cm³/mol. The Balaban J connectivity index is 1.39. The molecule has 28 heavy (non-hydrogen) atoms. The second kappa shape index (κ2) is 7.74. The van der Waals surface area contributed by atoms with Crippen LogP contribution in [0.15, 0.2) is 60.8 Å². The van der Waals surface area contributed by atoms with Gasteiger partial charge in [-0.15, -0.1) is 0 Å². The number of benzene rings is 2. The number of para-hydroxylation sites is 1. The summed E-state index contributed by atoms with van der Waals surface area (Å²) in [4.78, 5) is 31.6. The Bertz CT molecular complexity index is 1010. The van der Waals surface area contributed by atoms with Crippen molar-refractivity contribution in [2.24, 2.45) is 0 Å². The fourth-order valence-corrected chi connectivity index (χ4v) is 3.55. The maximum atomic E-state index is 12.6. The molecule has 0 radical (unpaired) electrons. The number of amides is 1. The second-order valence-electron chi connectivity index (χ2n) is 6.86. The van der Waals surface area contributed by atoms with Crippen LogP contribution in [0.5, 0.6) is 0 Å². The van der Waals surface area contributed by atoms with Crippen LogP contribution in [-0.4, -0.2) is 51.8 Å². The van der Waals surface area contributed by atoms with Crippen molar-refractivity contribution in [1.29, 1.82) is 0 Å². The number of fused-ring (bicyclic) bond motifs is 1. The van der Waals surface area contributed by atoms with Gasteiger partial charge in [-0.25, -0.2) is 0 Å². The second-order valence-corrected chi connectivity index (χ2v) is 6.86. The molecule has 2 heterocycles. The number of piperazine rings is 1.